The molecule has 0 unspecified atom stereocenters. The SMILES string of the molecule is CCCN(CCC)CCC(=O)Nc1ccc(N2CCOCC2)cc1. The van der Waals surface area contributed by atoms with Gasteiger partial charge in [-0.25, -0.2) is 0 Å². The quantitative estimate of drug-likeness (QED) is 0.755. The molecule has 1 saturated heterocycles. The van der Waals surface area contributed by atoms with Crippen LogP contribution in [0.4, 0.5) is 11.4 Å². The van der Waals surface area contributed by atoms with Gasteiger partial charge in [-0.05, 0) is 50.2 Å². The van der Waals surface area contributed by atoms with Gasteiger partial charge >= 0.3 is 0 Å². The second-order valence-electron chi connectivity index (χ2n) is 6.29. The van der Waals surface area contributed by atoms with Crippen molar-refractivity contribution in [2.45, 2.75) is 33.1 Å². The summed E-state index contributed by atoms with van der Waals surface area (Å²) >= 11 is 0. The molecule has 1 heterocycles. The minimum atomic E-state index is 0.0892. The van der Waals surface area contributed by atoms with Crippen LogP contribution >= 0.6 is 0 Å². The van der Waals surface area contributed by atoms with Crippen molar-refractivity contribution in [2.75, 3.05) is 56.2 Å². The number of rotatable bonds is 9. The number of carbonyl (C=O) groups is 1. The molecule has 0 aliphatic carbocycles. The summed E-state index contributed by atoms with van der Waals surface area (Å²) in [6.45, 7) is 10.7. The molecule has 0 bridgehead atoms. The lowest BCUT2D eigenvalue weighted by molar-refractivity contribution is -0.116. The Kier molecular flexibility index (Phi) is 8.05. The average molecular weight is 333 g/mol. The second kappa shape index (κ2) is 10.3. The Morgan fingerprint density at radius 3 is 2.29 bits per heavy atom. The van der Waals surface area contributed by atoms with E-state index in [0.29, 0.717) is 6.42 Å². The van der Waals surface area contributed by atoms with Gasteiger partial charge in [-0.2, -0.15) is 0 Å². The third-order valence-corrected chi connectivity index (χ3v) is 4.26. The van der Waals surface area contributed by atoms with Crippen molar-refractivity contribution in [1.29, 1.82) is 0 Å². The fraction of sp³-hybridized carbons (Fsp3) is 0.632. The predicted molar refractivity (Wildman–Crippen MR) is 99.7 cm³/mol. The molecule has 0 saturated carbocycles. The Morgan fingerprint density at radius 1 is 1.08 bits per heavy atom. The molecule has 2 rings (SSSR count). The number of benzene rings is 1. The molecular formula is C19H31N3O2. The van der Waals surface area contributed by atoms with E-state index in [0.717, 1.165) is 64.5 Å². The molecule has 134 valence electrons. The lowest BCUT2D eigenvalue weighted by Gasteiger charge is -2.28. The van der Waals surface area contributed by atoms with Crippen molar-refractivity contribution in [3.05, 3.63) is 24.3 Å². The molecule has 0 spiro atoms. The molecule has 1 fully saturated rings. The van der Waals surface area contributed by atoms with Crippen LogP contribution < -0.4 is 10.2 Å². The van der Waals surface area contributed by atoms with Gasteiger partial charge in [0, 0.05) is 37.4 Å². The van der Waals surface area contributed by atoms with Gasteiger partial charge in [-0.3, -0.25) is 4.79 Å². The minimum Gasteiger partial charge on any atom is -0.378 e. The molecule has 1 aliphatic rings. The summed E-state index contributed by atoms with van der Waals surface area (Å²) in [7, 11) is 0. The maximum absolute atomic E-state index is 12.1. The van der Waals surface area contributed by atoms with E-state index in [2.05, 4.69) is 41.1 Å². The van der Waals surface area contributed by atoms with E-state index in [4.69, 9.17) is 4.74 Å². The molecule has 1 aromatic carbocycles. The zero-order chi connectivity index (χ0) is 17.2. The summed E-state index contributed by atoms with van der Waals surface area (Å²) in [5.41, 5.74) is 2.06. The first-order valence-electron chi connectivity index (χ1n) is 9.18. The molecule has 1 amide bonds. The van der Waals surface area contributed by atoms with Crippen LogP contribution in [0, 0.1) is 0 Å². The number of carbonyl (C=O) groups excluding carboxylic acids is 1. The number of morpholine rings is 1. The van der Waals surface area contributed by atoms with Crippen LogP contribution in [0.25, 0.3) is 0 Å². The summed E-state index contributed by atoms with van der Waals surface area (Å²) in [5, 5.41) is 3.00. The standard InChI is InChI=1S/C19H31N3O2/c1-3-10-21(11-4-2)12-9-19(23)20-17-5-7-18(8-6-17)22-13-15-24-16-14-22/h5-8H,3-4,9-16H2,1-2H3,(H,20,23). The van der Waals surface area contributed by atoms with E-state index in [-0.39, 0.29) is 5.91 Å². The summed E-state index contributed by atoms with van der Waals surface area (Å²) in [4.78, 5) is 16.8. The van der Waals surface area contributed by atoms with Gasteiger partial charge in [0.05, 0.1) is 13.2 Å². The topological polar surface area (TPSA) is 44.8 Å². The molecule has 1 aliphatic heterocycles. The summed E-state index contributed by atoms with van der Waals surface area (Å²) < 4.78 is 5.38. The predicted octanol–water partition coefficient (Wildman–Crippen LogP) is 2.97. The van der Waals surface area contributed by atoms with Crippen LogP contribution in [0.5, 0.6) is 0 Å². The maximum Gasteiger partial charge on any atom is 0.225 e. The Hall–Kier alpha value is -1.59. The first-order chi connectivity index (χ1) is 11.7. The fourth-order valence-corrected chi connectivity index (χ4v) is 3.03. The van der Waals surface area contributed by atoms with Gasteiger partial charge in [-0.1, -0.05) is 13.8 Å². The number of anilines is 2. The summed E-state index contributed by atoms with van der Waals surface area (Å²) in [6, 6.07) is 8.11. The van der Waals surface area contributed by atoms with Gasteiger partial charge in [-0.15, -0.1) is 0 Å². The van der Waals surface area contributed by atoms with Crippen LogP contribution in [0.3, 0.4) is 0 Å². The highest BCUT2D eigenvalue weighted by Gasteiger charge is 2.11. The summed E-state index contributed by atoms with van der Waals surface area (Å²) in [6.07, 6.45) is 2.81. The first-order valence-corrected chi connectivity index (χ1v) is 9.18. The number of nitrogens with one attached hydrogen (secondary N) is 1. The Bertz CT molecular complexity index is 478. The average Bonchev–Trinajstić information content (AvgIpc) is 2.61. The maximum atomic E-state index is 12.1. The van der Waals surface area contributed by atoms with Crippen molar-refractivity contribution in [2.24, 2.45) is 0 Å². The first kappa shape index (κ1) is 18.7. The Morgan fingerprint density at radius 2 is 1.71 bits per heavy atom. The number of nitrogens with zero attached hydrogens (tertiary/aromatic N) is 2. The lowest BCUT2D eigenvalue weighted by atomic mass is 10.2. The van der Waals surface area contributed by atoms with E-state index >= 15 is 0 Å². The number of ether oxygens (including phenoxy) is 1. The molecule has 5 heteroatoms. The van der Waals surface area contributed by atoms with Crippen molar-refractivity contribution >= 4 is 17.3 Å². The Labute approximate surface area is 146 Å². The normalized spacial score (nSPS) is 14.9. The molecular weight excluding hydrogens is 302 g/mol. The highest BCUT2D eigenvalue weighted by molar-refractivity contribution is 5.91. The molecule has 24 heavy (non-hydrogen) atoms. The number of amides is 1. The highest BCUT2D eigenvalue weighted by Crippen LogP contribution is 2.19. The van der Waals surface area contributed by atoms with Crippen LogP contribution in [0.15, 0.2) is 24.3 Å². The van der Waals surface area contributed by atoms with Gasteiger partial charge in [0.1, 0.15) is 0 Å². The van der Waals surface area contributed by atoms with E-state index < -0.39 is 0 Å². The summed E-state index contributed by atoms with van der Waals surface area (Å²) in [5.74, 6) is 0.0892. The molecule has 1 N–H and O–H groups in total. The van der Waals surface area contributed by atoms with E-state index in [9.17, 15) is 4.79 Å². The molecule has 0 atom stereocenters. The van der Waals surface area contributed by atoms with Crippen LogP contribution in [0.1, 0.15) is 33.1 Å². The van der Waals surface area contributed by atoms with Crippen LogP contribution in [-0.4, -0.2) is 56.7 Å². The van der Waals surface area contributed by atoms with Crippen LogP contribution in [0.2, 0.25) is 0 Å². The van der Waals surface area contributed by atoms with Crippen LogP contribution in [-0.2, 0) is 9.53 Å². The second-order valence-corrected chi connectivity index (χ2v) is 6.29. The van der Waals surface area contributed by atoms with Crippen molar-refractivity contribution < 1.29 is 9.53 Å². The largest absolute Gasteiger partial charge is 0.378 e. The van der Waals surface area contributed by atoms with Gasteiger partial charge in [0.25, 0.3) is 0 Å². The van der Waals surface area contributed by atoms with Crippen molar-refractivity contribution in [1.82, 2.24) is 4.90 Å². The lowest BCUT2D eigenvalue weighted by Crippen LogP contribution is -2.36. The molecule has 0 radical (unpaired) electrons. The Balaban J connectivity index is 1.78. The molecule has 5 nitrogen and oxygen atoms in total. The number of hydrogen-bond acceptors (Lipinski definition) is 4. The molecule has 0 aromatic heterocycles. The van der Waals surface area contributed by atoms with Crippen molar-refractivity contribution in [3.8, 4) is 0 Å². The van der Waals surface area contributed by atoms with E-state index in [1.165, 1.54) is 5.69 Å². The zero-order valence-electron chi connectivity index (χ0n) is 15.1. The smallest absolute Gasteiger partial charge is 0.225 e. The fourth-order valence-electron chi connectivity index (χ4n) is 3.03. The third-order valence-electron chi connectivity index (χ3n) is 4.26. The number of hydrogen-bond donors (Lipinski definition) is 1. The van der Waals surface area contributed by atoms with Crippen molar-refractivity contribution in [3.63, 3.8) is 0 Å². The highest BCUT2D eigenvalue weighted by atomic mass is 16.5. The van der Waals surface area contributed by atoms with Gasteiger partial charge in [0.2, 0.25) is 5.91 Å². The third kappa shape index (κ3) is 6.13. The van der Waals surface area contributed by atoms with E-state index in [1.807, 2.05) is 12.1 Å². The monoisotopic (exact) mass is 333 g/mol. The van der Waals surface area contributed by atoms with E-state index in [1.54, 1.807) is 0 Å². The molecule has 1 aromatic rings. The van der Waals surface area contributed by atoms with Gasteiger partial charge < -0.3 is 19.9 Å². The zero-order valence-corrected chi connectivity index (χ0v) is 15.1. The van der Waals surface area contributed by atoms with Gasteiger partial charge in [0.15, 0.2) is 0 Å². The minimum absolute atomic E-state index is 0.0892.